The topological polar surface area (TPSA) is 23.6 Å². The average Bonchev–Trinajstić information content (AvgIpc) is 2.89. The zero-order valence-electron chi connectivity index (χ0n) is 13.9. The van der Waals surface area contributed by atoms with Crippen LogP contribution in [0.4, 0.5) is 5.69 Å². The summed E-state index contributed by atoms with van der Waals surface area (Å²) in [5.74, 6) is 0.222. The van der Waals surface area contributed by atoms with Crippen LogP contribution in [0.2, 0.25) is 0 Å². The largest absolute Gasteiger partial charge is 0.308 e. The minimum absolute atomic E-state index is 0.0195. The summed E-state index contributed by atoms with van der Waals surface area (Å²) < 4.78 is 0. The third kappa shape index (κ3) is 3.45. The molecule has 0 aliphatic carbocycles. The first-order valence-corrected chi connectivity index (χ1v) is 8.29. The summed E-state index contributed by atoms with van der Waals surface area (Å²) in [6.07, 6.45) is 1.86. The number of carbonyl (C=O) groups is 1. The van der Waals surface area contributed by atoms with Crippen molar-refractivity contribution in [1.82, 2.24) is 4.90 Å². The Balaban J connectivity index is 1.65. The van der Waals surface area contributed by atoms with Crippen LogP contribution in [0.15, 0.2) is 60.7 Å². The van der Waals surface area contributed by atoms with Crippen LogP contribution < -0.4 is 4.90 Å². The maximum Gasteiger partial charge on any atom is 0.244 e. The summed E-state index contributed by atoms with van der Waals surface area (Å²) in [4.78, 5) is 17.0. The first-order valence-electron chi connectivity index (χ1n) is 8.29. The molecule has 0 spiro atoms. The van der Waals surface area contributed by atoms with Gasteiger partial charge in [0, 0.05) is 18.3 Å². The molecule has 1 aliphatic heterocycles. The van der Waals surface area contributed by atoms with Gasteiger partial charge in [-0.1, -0.05) is 48.5 Å². The Morgan fingerprint density at radius 2 is 1.65 bits per heavy atom. The Kier molecular flexibility index (Phi) is 4.77. The second kappa shape index (κ2) is 6.97. The molecule has 2 aromatic rings. The minimum atomic E-state index is -0.0195. The first kappa shape index (κ1) is 15.8. The number of para-hydroxylation sites is 1. The Morgan fingerprint density at radius 1 is 1.04 bits per heavy atom. The molecule has 3 nitrogen and oxygen atoms in total. The van der Waals surface area contributed by atoms with E-state index in [0.29, 0.717) is 0 Å². The predicted octanol–water partition coefficient (Wildman–Crippen LogP) is 3.35. The standard InChI is InChI=1S/C20H24N2O/c1-16-15-19(20(23)22(16)18-11-7-4-8-12-18)21(2)14-13-17-9-5-3-6-10-17/h3-12,16,19H,13-15H2,1-2H3/t16-,19+/m0/s1. The van der Waals surface area contributed by atoms with Crippen molar-refractivity contribution in [3.63, 3.8) is 0 Å². The lowest BCUT2D eigenvalue weighted by atomic mass is 10.1. The van der Waals surface area contributed by atoms with Crippen LogP contribution >= 0.6 is 0 Å². The van der Waals surface area contributed by atoms with Gasteiger partial charge < -0.3 is 4.90 Å². The quantitative estimate of drug-likeness (QED) is 0.845. The highest BCUT2D eigenvalue weighted by Gasteiger charge is 2.39. The molecule has 23 heavy (non-hydrogen) atoms. The number of amides is 1. The molecule has 1 fully saturated rings. The smallest absolute Gasteiger partial charge is 0.244 e. The number of rotatable bonds is 5. The fraction of sp³-hybridized carbons (Fsp3) is 0.350. The molecular weight excluding hydrogens is 284 g/mol. The van der Waals surface area contributed by atoms with Gasteiger partial charge in [0.15, 0.2) is 0 Å². The van der Waals surface area contributed by atoms with E-state index in [2.05, 4.69) is 43.1 Å². The molecule has 1 aliphatic rings. The highest BCUT2D eigenvalue weighted by Crippen LogP contribution is 2.28. The van der Waals surface area contributed by atoms with Crippen LogP contribution in [0.5, 0.6) is 0 Å². The summed E-state index contributed by atoms with van der Waals surface area (Å²) >= 11 is 0. The number of hydrogen-bond acceptors (Lipinski definition) is 2. The summed E-state index contributed by atoms with van der Waals surface area (Å²) in [5, 5.41) is 0. The van der Waals surface area contributed by atoms with Gasteiger partial charge in [-0.15, -0.1) is 0 Å². The maximum absolute atomic E-state index is 12.9. The number of hydrogen-bond donors (Lipinski definition) is 0. The van der Waals surface area contributed by atoms with Crippen LogP contribution in [-0.2, 0) is 11.2 Å². The van der Waals surface area contributed by atoms with E-state index in [9.17, 15) is 4.79 Å². The molecule has 120 valence electrons. The molecule has 3 rings (SSSR count). The molecule has 2 atom stereocenters. The lowest BCUT2D eigenvalue weighted by Crippen LogP contribution is -2.41. The van der Waals surface area contributed by atoms with Gasteiger partial charge in [0.1, 0.15) is 0 Å². The van der Waals surface area contributed by atoms with Gasteiger partial charge in [0.25, 0.3) is 0 Å². The minimum Gasteiger partial charge on any atom is -0.308 e. The van der Waals surface area contributed by atoms with Gasteiger partial charge in [0.05, 0.1) is 6.04 Å². The predicted molar refractivity (Wildman–Crippen MR) is 94.6 cm³/mol. The number of nitrogens with zero attached hydrogens (tertiary/aromatic N) is 2. The van der Waals surface area contributed by atoms with E-state index in [1.165, 1.54) is 5.56 Å². The van der Waals surface area contributed by atoms with E-state index in [1.54, 1.807) is 0 Å². The molecule has 0 unspecified atom stereocenters. The van der Waals surface area contributed by atoms with Crippen LogP contribution in [0.25, 0.3) is 0 Å². The lowest BCUT2D eigenvalue weighted by molar-refractivity contribution is -0.121. The van der Waals surface area contributed by atoms with Gasteiger partial charge in [-0.05, 0) is 44.5 Å². The fourth-order valence-electron chi connectivity index (χ4n) is 3.35. The van der Waals surface area contributed by atoms with E-state index in [-0.39, 0.29) is 18.0 Å². The van der Waals surface area contributed by atoms with Crippen molar-refractivity contribution in [1.29, 1.82) is 0 Å². The van der Waals surface area contributed by atoms with Crippen molar-refractivity contribution in [3.05, 3.63) is 66.2 Å². The molecule has 1 saturated heterocycles. The van der Waals surface area contributed by atoms with Crippen molar-refractivity contribution in [2.45, 2.75) is 31.8 Å². The van der Waals surface area contributed by atoms with Crippen molar-refractivity contribution < 1.29 is 4.79 Å². The molecule has 1 heterocycles. The number of anilines is 1. The van der Waals surface area contributed by atoms with Gasteiger partial charge in [-0.25, -0.2) is 0 Å². The van der Waals surface area contributed by atoms with Crippen molar-refractivity contribution >= 4 is 11.6 Å². The fourth-order valence-corrected chi connectivity index (χ4v) is 3.35. The SMILES string of the molecule is C[C@H]1C[C@@H](N(C)CCc2ccccc2)C(=O)N1c1ccccc1. The zero-order valence-corrected chi connectivity index (χ0v) is 13.9. The molecule has 1 amide bonds. The number of likely N-dealkylation sites (N-methyl/N-ethyl adjacent to an activating group) is 1. The van der Waals surface area contributed by atoms with Crippen LogP contribution in [0, 0.1) is 0 Å². The molecule has 3 heteroatoms. The number of benzene rings is 2. The van der Waals surface area contributed by atoms with E-state index in [0.717, 1.165) is 25.1 Å². The Bertz CT molecular complexity index is 641. The molecular formula is C20H24N2O. The van der Waals surface area contributed by atoms with Crippen molar-refractivity contribution in [2.75, 3.05) is 18.5 Å². The second-order valence-electron chi connectivity index (χ2n) is 6.36. The summed E-state index contributed by atoms with van der Waals surface area (Å²) in [7, 11) is 2.06. The Hall–Kier alpha value is -2.13. The average molecular weight is 308 g/mol. The Labute approximate surface area is 138 Å². The third-order valence-electron chi connectivity index (χ3n) is 4.69. The van der Waals surface area contributed by atoms with Gasteiger partial charge in [-0.3, -0.25) is 9.69 Å². The van der Waals surface area contributed by atoms with E-state index in [1.807, 2.05) is 41.3 Å². The summed E-state index contributed by atoms with van der Waals surface area (Å²) in [5.41, 5.74) is 2.32. The highest BCUT2D eigenvalue weighted by molar-refractivity contribution is 6.00. The van der Waals surface area contributed by atoms with Crippen molar-refractivity contribution in [2.24, 2.45) is 0 Å². The number of carbonyl (C=O) groups excluding carboxylic acids is 1. The molecule has 0 aromatic heterocycles. The van der Waals surface area contributed by atoms with Crippen LogP contribution in [-0.4, -0.2) is 36.5 Å². The lowest BCUT2D eigenvalue weighted by Gasteiger charge is -2.24. The maximum atomic E-state index is 12.9. The van der Waals surface area contributed by atoms with Gasteiger partial charge in [0.2, 0.25) is 5.91 Å². The first-order chi connectivity index (χ1) is 11.2. The molecule has 0 saturated carbocycles. The molecule has 0 bridgehead atoms. The van der Waals surface area contributed by atoms with Crippen LogP contribution in [0.3, 0.4) is 0 Å². The third-order valence-corrected chi connectivity index (χ3v) is 4.69. The van der Waals surface area contributed by atoms with Crippen molar-refractivity contribution in [3.8, 4) is 0 Å². The van der Waals surface area contributed by atoms with E-state index < -0.39 is 0 Å². The zero-order chi connectivity index (χ0) is 16.2. The van der Waals surface area contributed by atoms with Gasteiger partial charge >= 0.3 is 0 Å². The monoisotopic (exact) mass is 308 g/mol. The molecule has 0 N–H and O–H groups in total. The van der Waals surface area contributed by atoms with E-state index in [4.69, 9.17) is 0 Å². The van der Waals surface area contributed by atoms with Crippen LogP contribution in [0.1, 0.15) is 18.9 Å². The van der Waals surface area contributed by atoms with Gasteiger partial charge in [-0.2, -0.15) is 0 Å². The molecule has 0 radical (unpaired) electrons. The highest BCUT2D eigenvalue weighted by atomic mass is 16.2. The second-order valence-corrected chi connectivity index (χ2v) is 6.36. The summed E-state index contributed by atoms with van der Waals surface area (Å²) in [6, 6.07) is 20.7. The normalized spacial score (nSPS) is 21.2. The Morgan fingerprint density at radius 3 is 2.30 bits per heavy atom. The summed E-state index contributed by atoms with van der Waals surface area (Å²) in [6.45, 7) is 3.03. The molecule has 2 aromatic carbocycles. The van der Waals surface area contributed by atoms with E-state index >= 15 is 0 Å².